The molecule has 1 aromatic heterocycles. The van der Waals surface area contributed by atoms with Crippen molar-refractivity contribution in [2.24, 2.45) is 0 Å². The number of imidazole rings is 1. The number of aromatic amines is 1. The lowest BCUT2D eigenvalue weighted by Crippen LogP contribution is -2.07. The van der Waals surface area contributed by atoms with Gasteiger partial charge in [-0.15, -0.1) is 0 Å². The summed E-state index contributed by atoms with van der Waals surface area (Å²) in [5.41, 5.74) is -0.266. The molecule has 0 atom stereocenters. The Hall–Kier alpha value is -1.51. The number of aromatic nitrogens is 2. The van der Waals surface area contributed by atoms with E-state index in [2.05, 4.69) is 4.98 Å². The monoisotopic (exact) mass is 161 g/mol. The van der Waals surface area contributed by atoms with E-state index in [1.54, 1.807) is 0 Å². The molecule has 3 nitrogen and oxygen atoms in total. The number of nitrogens with zero attached hydrogens (tertiary/aromatic N) is 2. The van der Waals surface area contributed by atoms with Crippen LogP contribution in [-0.4, -0.2) is 9.97 Å². The average molecular weight is 161 g/mol. The molecule has 1 aromatic rings. The fourth-order valence-electron chi connectivity index (χ4n) is 0.524. The maximum atomic E-state index is 11.7. The topological polar surface area (TPSA) is 52.5 Å². The fourth-order valence-corrected chi connectivity index (χ4v) is 0.524. The molecular weight excluding hydrogens is 159 g/mol. The minimum Gasteiger partial charge on any atom is -0.340 e. The van der Waals surface area contributed by atoms with Gasteiger partial charge in [0, 0.05) is 6.20 Å². The standard InChI is InChI=1S/C5H2F3N3/c6-5(7,8)4-10-2-3(1-9)11-4/h2H,(H,10,11). The molecule has 58 valence electrons. The summed E-state index contributed by atoms with van der Waals surface area (Å²) in [6.07, 6.45) is -3.60. The van der Waals surface area contributed by atoms with Gasteiger partial charge in [-0.25, -0.2) is 4.98 Å². The highest BCUT2D eigenvalue weighted by Gasteiger charge is 2.34. The minimum absolute atomic E-state index is 0.266. The number of halogens is 3. The summed E-state index contributed by atoms with van der Waals surface area (Å²) in [6.45, 7) is 0. The van der Waals surface area contributed by atoms with Crippen LogP contribution in [0.15, 0.2) is 6.20 Å². The molecule has 0 spiro atoms. The molecule has 0 amide bonds. The highest BCUT2D eigenvalue weighted by Crippen LogP contribution is 2.25. The third-order valence-corrected chi connectivity index (χ3v) is 0.961. The van der Waals surface area contributed by atoms with E-state index in [1.807, 2.05) is 4.98 Å². The van der Waals surface area contributed by atoms with Crippen LogP contribution >= 0.6 is 0 Å². The summed E-state index contributed by atoms with van der Waals surface area (Å²) >= 11 is 0. The van der Waals surface area contributed by atoms with Crippen LogP contribution in [0.1, 0.15) is 11.5 Å². The normalized spacial score (nSPS) is 11.1. The van der Waals surface area contributed by atoms with E-state index < -0.39 is 12.0 Å². The molecule has 1 rings (SSSR count). The largest absolute Gasteiger partial charge is 0.449 e. The van der Waals surface area contributed by atoms with Crippen molar-refractivity contribution in [3.8, 4) is 6.07 Å². The molecule has 0 aliphatic heterocycles. The van der Waals surface area contributed by atoms with Gasteiger partial charge in [-0.3, -0.25) is 0 Å². The Bertz CT molecular complexity index is 293. The number of H-pyrrole nitrogens is 1. The number of hydrogen-bond donors (Lipinski definition) is 1. The van der Waals surface area contributed by atoms with Crippen LogP contribution in [0, 0.1) is 11.3 Å². The van der Waals surface area contributed by atoms with Gasteiger partial charge in [-0.05, 0) is 0 Å². The second kappa shape index (κ2) is 2.27. The first-order valence-corrected chi connectivity index (χ1v) is 2.57. The third-order valence-electron chi connectivity index (χ3n) is 0.961. The van der Waals surface area contributed by atoms with Crippen LogP contribution in [0.2, 0.25) is 0 Å². The van der Waals surface area contributed by atoms with Crippen LogP contribution in [0.3, 0.4) is 0 Å². The van der Waals surface area contributed by atoms with E-state index in [9.17, 15) is 13.2 Å². The zero-order valence-corrected chi connectivity index (χ0v) is 5.11. The average Bonchev–Trinajstić information content (AvgIpc) is 2.32. The van der Waals surface area contributed by atoms with Crippen LogP contribution in [-0.2, 0) is 6.18 Å². The molecule has 0 saturated carbocycles. The van der Waals surface area contributed by atoms with E-state index in [-0.39, 0.29) is 5.69 Å². The summed E-state index contributed by atoms with van der Waals surface area (Å²) in [5.74, 6) is -1.14. The molecule has 1 heterocycles. The zero-order valence-electron chi connectivity index (χ0n) is 5.11. The van der Waals surface area contributed by atoms with Gasteiger partial charge in [0.25, 0.3) is 0 Å². The first kappa shape index (κ1) is 7.60. The van der Waals surface area contributed by atoms with Crippen molar-refractivity contribution in [3.63, 3.8) is 0 Å². The molecule has 0 radical (unpaired) electrons. The zero-order chi connectivity index (χ0) is 8.48. The molecule has 0 saturated heterocycles. The summed E-state index contributed by atoms with van der Waals surface area (Å²) in [4.78, 5) is 4.80. The van der Waals surface area contributed by atoms with E-state index in [0.29, 0.717) is 0 Å². The number of rotatable bonds is 0. The maximum Gasteiger partial charge on any atom is 0.449 e. The van der Waals surface area contributed by atoms with E-state index in [1.165, 1.54) is 6.07 Å². The van der Waals surface area contributed by atoms with Crippen LogP contribution in [0.25, 0.3) is 0 Å². The Kier molecular flexibility index (Phi) is 1.57. The Labute approximate surface area is 59.5 Å². The Morgan fingerprint density at radius 3 is 2.45 bits per heavy atom. The van der Waals surface area contributed by atoms with Gasteiger partial charge in [0.05, 0.1) is 0 Å². The lowest BCUT2D eigenvalue weighted by atomic mass is 10.5. The van der Waals surface area contributed by atoms with E-state index in [4.69, 9.17) is 5.26 Å². The lowest BCUT2D eigenvalue weighted by Gasteiger charge is -1.98. The second-order valence-corrected chi connectivity index (χ2v) is 1.74. The summed E-state index contributed by atoms with van der Waals surface area (Å²) < 4.78 is 35.2. The molecule has 0 unspecified atom stereocenters. The number of hydrogen-bond acceptors (Lipinski definition) is 2. The second-order valence-electron chi connectivity index (χ2n) is 1.74. The molecular formula is C5H2F3N3. The predicted octanol–water partition coefficient (Wildman–Crippen LogP) is 1.30. The van der Waals surface area contributed by atoms with E-state index >= 15 is 0 Å². The summed E-state index contributed by atoms with van der Waals surface area (Å²) in [7, 11) is 0. The molecule has 0 aliphatic carbocycles. The maximum absolute atomic E-state index is 11.7. The van der Waals surface area contributed by atoms with Crippen molar-refractivity contribution in [2.45, 2.75) is 6.18 Å². The predicted molar refractivity (Wildman–Crippen MR) is 28.3 cm³/mol. The lowest BCUT2D eigenvalue weighted by molar-refractivity contribution is -0.144. The molecule has 0 bridgehead atoms. The Morgan fingerprint density at radius 1 is 1.55 bits per heavy atom. The summed E-state index contributed by atoms with van der Waals surface area (Å²) in [5, 5.41) is 8.12. The first-order chi connectivity index (χ1) is 5.04. The number of nitriles is 1. The quantitative estimate of drug-likeness (QED) is 0.623. The molecule has 11 heavy (non-hydrogen) atoms. The highest BCUT2D eigenvalue weighted by atomic mass is 19.4. The van der Waals surface area contributed by atoms with Crippen molar-refractivity contribution in [2.75, 3.05) is 0 Å². The van der Waals surface area contributed by atoms with Crippen molar-refractivity contribution in [1.29, 1.82) is 5.26 Å². The molecule has 0 aliphatic rings. The minimum atomic E-state index is -4.50. The molecule has 0 fully saturated rings. The Balaban J connectivity index is 3.01. The van der Waals surface area contributed by atoms with E-state index in [0.717, 1.165) is 6.20 Å². The Morgan fingerprint density at radius 2 is 2.18 bits per heavy atom. The fraction of sp³-hybridized carbons (Fsp3) is 0.200. The van der Waals surface area contributed by atoms with Gasteiger partial charge in [-0.1, -0.05) is 0 Å². The van der Waals surface area contributed by atoms with Crippen LogP contribution < -0.4 is 0 Å². The van der Waals surface area contributed by atoms with Crippen molar-refractivity contribution in [3.05, 3.63) is 17.7 Å². The van der Waals surface area contributed by atoms with Gasteiger partial charge in [0.2, 0.25) is 5.82 Å². The highest BCUT2D eigenvalue weighted by molar-refractivity contribution is 5.18. The van der Waals surface area contributed by atoms with Gasteiger partial charge >= 0.3 is 6.18 Å². The number of alkyl halides is 3. The van der Waals surface area contributed by atoms with Gasteiger partial charge in [-0.2, -0.15) is 18.4 Å². The van der Waals surface area contributed by atoms with Crippen molar-refractivity contribution >= 4 is 0 Å². The SMILES string of the molecule is N#Cc1c[nH]c(C(F)(F)F)n1. The molecule has 0 aromatic carbocycles. The van der Waals surface area contributed by atoms with Crippen LogP contribution in [0.5, 0.6) is 0 Å². The van der Waals surface area contributed by atoms with Gasteiger partial charge in [0.15, 0.2) is 5.69 Å². The first-order valence-electron chi connectivity index (χ1n) is 2.57. The van der Waals surface area contributed by atoms with Crippen LogP contribution in [0.4, 0.5) is 13.2 Å². The van der Waals surface area contributed by atoms with Gasteiger partial charge < -0.3 is 4.98 Å². The molecule has 6 heteroatoms. The molecule has 1 N–H and O–H groups in total. The third kappa shape index (κ3) is 1.49. The number of nitrogens with one attached hydrogen (secondary N) is 1. The van der Waals surface area contributed by atoms with Crippen molar-refractivity contribution < 1.29 is 13.2 Å². The summed E-state index contributed by atoms with van der Waals surface area (Å²) in [6, 6.07) is 1.48. The van der Waals surface area contributed by atoms with Crippen molar-refractivity contribution in [1.82, 2.24) is 9.97 Å². The van der Waals surface area contributed by atoms with Gasteiger partial charge in [0.1, 0.15) is 6.07 Å². The smallest absolute Gasteiger partial charge is 0.340 e.